The lowest BCUT2D eigenvalue weighted by Crippen LogP contribution is -2.25. The molecular formula is C15H18N2O5. The molecule has 2 heterocycles. The second-order valence-corrected chi connectivity index (χ2v) is 5.44. The molecule has 1 N–H and O–H groups in total. The van der Waals surface area contributed by atoms with Crippen molar-refractivity contribution in [3.8, 4) is 11.6 Å². The number of hydrogen-bond donors (Lipinski definition) is 1. The van der Waals surface area contributed by atoms with Crippen LogP contribution < -0.4 is 9.47 Å². The van der Waals surface area contributed by atoms with Gasteiger partial charge in [0.25, 0.3) is 0 Å². The van der Waals surface area contributed by atoms with Crippen molar-refractivity contribution in [2.75, 3.05) is 7.11 Å². The van der Waals surface area contributed by atoms with Gasteiger partial charge in [-0.15, -0.1) is 0 Å². The molecule has 2 atom stereocenters. The number of aliphatic hydroxyl groups excluding tert-OH is 1. The Morgan fingerprint density at radius 3 is 3.00 bits per heavy atom. The minimum Gasteiger partial charge on any atom is -0.618 e. The number of allylic oxidation sites excluding steroid dienone is 1. The topological polar surface area (TPSA) is 86.8 Å². The van der Waals surface area contributed by atoms with Crippen LogP contribution in [0.5, 0.6) is 11.6 Å². The molecule has 1 aliphatic heterocycles. The number of hydrogen-bond acceptors (Lipinski definition) is 5. The fourth-order valence-electron chi connectivity index (χ4n) is 3.07. The van der Waals surface area contributed by atoms with Crippen molar-refractivity contribution in [1.29, 1.82) is 0 Å². The molecule has 1 aromatic rings. The Hall–Kier alpha value is -2.28. The molecule has 0 fully saturated rings. The predicted molar refractivity (Wildman–Crippen MR) is 77.8 cm³/mol. The second-order valence-electron chi connectivity index (χ2n) is 5.44. The summed E-state index contributed by atoms with van der Waals surface area (Å²) in [6, 6.07) is 1.57. The Bertz CT molecular complexity index is 674. The second kappa shape index (κ2) is 5.49. The highest BCUT2D eigenvalue weighted by atomic mass is 16.6. The molecular weight excluding hydrogens is 288 g/mol. The quantitative estimate of drug-likeness (QED) is 0.509. The third kappa shape index (κ3) is 2.27. The Morgan fingerprint density at radius 2 is 2.32 bits per heavy atom. The van der Waals surface area contributed by atoms with Crippen molar-refractivity contribution in [3.63, 3.8) is 0 Å². The van der Waals surface area contributed by atoms with E-state index in [2.05, 4.69) is 0 Å². The van der Waals surface area contributed by atoms with Crippen LogP contribution in [0.25, 0.3) is 0 Å². The van der Waals surface area contributed by atoms with Crippen molar-refractivity contribution < 1.29 is 24.1 Å². The molecule has 7 heteroatoms. The van der Waals surface area contributed by atoms with Gasteiger partial charge in [0, 0.05) is 13.0 Å². The minimum atomic E-state index is -0.991. The van der Waals surface area contributed by atoms with Crippen molar-refractivity contribution >= 4 is 12.2 Å². The average Bonchev–Trinajstić information content (AvgIpc) is 2.78. The first kappa shape index (κ1) is 14.6. The van der Waals surface area contributed by atoms with Gasteiger partial charge in [0.2, 0.25) is 12.1 Å². The molecule has 0 radical (unpaired) electrons. The third-order valence-corrected chi connectivity index (χ3v) is 4.03. The van der Waals surface area contributed by atoms with E-state index in [1.807, 2.05) is 6.08 Å². The Morgan fingerprint density at radius 1 is 1.55 bits per heavy atom. The van der Waals surface area contributed by atoms with Crippen LogP contribution in [-0.2, 0) is 4.79 Å². The predicted octanol–water partition coefficient (Wildman–Crippen LogP) is 1.54. The van der Waals surface area contributed by atoms with E-state index in [-0.39, 0.29) is 11.8 Å². The fourth-order valence-corrected chi connectivity index (χ4v) is 3.07. The molecule has 0 saturated carbocycles. The number of ether oxygens (including phenoxy) is 2. The van der Waals surface area contributed by atoms with Gasteiger partial charge in [-0.3, -0.25) is 9.36 Å². The van der Waals surface area contributed by atoms with Crippen LogP contribution in [0.2, 0.25) is 0 Å². The number of aliphatic hydroxyl groups is 1. The molecule has 0 amide bonds. The number of esters is 1. The van der Waals surface area contributed by atoms with Gasteiger partial charge in [0.1, 0.15) is 11.9 Å². The number of carbonyl (C=O) groups excluding carboxylic acids is 1. The largest absolute Gasteiger partial charge is 0.618 e. The van der Waals surface area contributed by atoms with E-state index >= 15 is 0 Å². The van der Waals surface area contributed by atoms with Gasteiger partial charge in [0.05, 0.1) is 13.0 Å². The van der Waals surface area contributed by atoms with E-state index in [0.29, 0.717) is 23.6 Å². The molecule has 2 aliphatic rings. The zero-order valence-corrected chi connectivity index (χ0v) is 12.5. The first-order valence-electron chi connectivity index (χ1n) is 7.20. The summed E-state index contributed by atoms with van der Waals surface area (Å²) in [6.07, 6.45) is 4.65. The fraction of sp³-hybridized carbons (Fsp3) is 0.467. The minimum absolute atomic E-state index is 0.119. The third-order valence-electron chi connectivity index (χ3n) is 4.03. The van der Waals surface area contributed by atoms with Gasteiger partial charge in [0.15, 0.2) is 11.4 Å². The lowest BCUT2D eigenvalue weighted by Gasteiger charge is -2.26. The molecule has 22 heavy (non-hydrogen) atoms. The molecule has 118 valence electrons. The first-order valence-corrected chi connectivity index (χ1v) is 7.20. The molecule has 3 rings (SSSR count). The molecule has 0 spiro atoms. The Kier molecular flexibility index (Phi) is 3.66. The van der Waals surface area contributed by atoms with Crippen LogP contribution in [0.15, 0.2) is 17.8 Å². The van der Waals surface area contributed by atoms with E-state index in [1.165, 1.54) is 24.8 Å². The number of fused-ring (bicyclic) bond motifs is 2. The van der Waals surface area contributed by atoms with Crippen LogP contribution in [0, 0.1) is 11.1 Å². The van der Waals surface area contributed by atoms with Gasteiger partial charge in [-0.2, -0.15) is 4.74 Å². The summed E-state index contributed by atoms with van der Waals surface area (Å²) in [5.74, 6) is -0.435. The number of hydroxylamine groups is 1. The smallest absolute Gasteiger partial charge is 0.309 e. The van der Waals surface area contributed by atoms with Gasteiger partial charge in [-0.25, -0.2) is 0 Å². The van der Waals surface area contributed by atoms with Gasteiger partial charge >= 0.3 is 5.97 Å². The molecule has 1 aliphatic carbocycles. The SMILES string of the molecule is COc1cc2n(c1OC(C)=O)C(O)C1CCCC=C1[N+]([O-])=C2. The number of rotatable bonds is 2. The average molecular weight is 306 g/mol. The number of methoxy groups -OCH3 is 1. The lowest BCUT2D eigenvalue weighted by atomic mass is 9.91. The molecule has 2 unspecified atom stereocenters. The van der Waals surface area contributed by atoms with Gasteiger partial charge < -0.3 is 19.8 Å². The summed E-state index contributed by atoms with van der Waals surface area (Å²) in [7, 11) is 1.44. The van der Waals surface area contributed by atoms with Crippen LogP contribution in [0.3, 0.4) is 0 Å². The van der Waals surface area contributed by atoms with Crippen LogP contribution in [-0.4, -0.2) is 33.7 Å². The first-order chi connectivity index (χ1) is 10.5. The number of aromatic nitrogens is 1. The highest BCUT2D eigenvalue weighted by Crippen LogP contribution is 2.41. The molecule has 0 saturated heterocycles. The normalized spacial score (nSPS) is 23.6. The van der Waals surface area contributed by atoms with E-state index in [0.717, 1.165) is 17.6 Å². The van der Waals surface area contributed by atoms with Gasteiger partial charge in [-0.1, -0.05) is 0 Å². The Balaban J connectivity index is 2.17. The standard InChI is InChI=1S/C15H18N2O5/c1-9(18)22-15-13(21-2)7-10-8-16(20)12-6-4-3-5-11(12)14(19)17(10)15/h6-8,11,14,19H,3-5H2,1-2H3. The summed E-state index contributed by atoms with van der Waals surface area (Å²) >= 11 is 0. The Labute approximate surface area is 127 Å². The van der Waals surface area contributed by atoms with Crippen molar-refractivity contribution in [2.24, 2.45) is 5.92 Å². The maximum absolute atomic E-state index is 12.3. The van der Waals surface area contributed by atoms with E-state index in [9.17, 15) is 15.1 Å². The number of carbonyl (C=O) groups is 1. The highest BCUT2D eigenvalue weighted by molar-refractivity contribution is 5.78. The van der Waals surface area contributed by atoms with Crippen molar-refractivity contribution in [2.45, 2.75) is 32.4 Å². The van der Waals surface area contributed by atoms with Crippen molar-refractivity contribution in [3.05, 3.63) is 28.7 Å². The maximum atomic E-state index is 12.3. The summed E-state index contributed by atoms with van der Waals surface area (Å²) in [5.41, 5.74) is 0.987. The van der Waals surface area contributed by atoms with Crippen LogP contribution in [0.1, 0.15) is 38.1 Å². The number of nitrogens with zero attached hydrogens (tertiary/aromatic N) is 2. The van der Waals surface area contributed by atoms with Crippen molar-refractivity contribution in [1.82, 2.24) is 4.57 Å². The zero-order chi connectivity index (χ0) is 15.9. The summed E-state index contributed by atoms with van der Waals surface area (Å²) < 4.78 is 12.6. The zero-order valence-electron chi connectivity index (χ0n) is 12.5. The summed E-state index contributed by atoms with van der Waals surface area (Å²) in [5, 5.41) is 23.1. The molecule has 7 nitrogen and oxygen atoms in total. The summed E-state index contributed by atoms with van der Waals surface area (Å²) in [6.45, 7) is 1.28. The van der Waals surface area contributed by atoms with E-state index < -0.39 is 12.2 Å². The van der Waals surface area contributed by atoms with E-state index in [1.54, 1.807) is 6.07 Å². The molecule has 0 bridgehead atoms. The summed E-state index contributed by atoms with van der Waals surface area (Å²) in [4.78, 5) is 11.3. The monoisotopic (exact) mass is 306 g/mol. The molecule has 0 aromatic carbocycles. The van der Waals surface area contributed by atoms with E-state index in [4.69, 9.17) is 9.47 Å². The lowest BCUT2D eigenvalue weighted by molar-refractivity contribution is -0.408. The maximum Gasteiger partial charge on any atom is 0.309 e. The van der Waals surface area contributed by atoms with Crippen LogP contribution >= 0.6 is 0 Å². The molecule has 1 aromatic heterocycles. The van der Waals surface area contributed by atoms with Crippen LogP contribution in [0.4, 0.5) is 0 Å². The highest BCUT2D eigenvalue weighted by Gasteiger charge is 2.38. The van der Waals surface area contributed by atoms with Gasteiger partial charge in [-0.05, 0) is 25.3 Å².